The van der Waals surface area contributed by atoms with Gasteiger partial charge in [-0.05, 0) is 36.1 Å². The summed E-state index contributed by atoms with van der Waals surface area (Å²) >= 11 is 9.35. The van der Waals surface area contributed by atoms with Crippen molar-refractivity contribution in [2.24, 2.45) is 5.92 Å². The van der Waals surface area contributed by atoms with Gasteiger partial charge in [0.1, 0.15) is 0 Å². The van der Waals surface area contributed by atoms with Gasteiger partial charge < -0.3 is 5.11 Å². The van der Waals surface area contributed by atoms with Crippen molar-refractivity contribution in [3.8, 4) is 0 Å². The summed E-state index contributed by atoms with van der Waals surface area (Å²) in [6, 6.07) is 5.56. The third-order valence-electron chi connectivity index (χ3n) is 2.96. The van der Waals surface area contributed by atoms with Gasteiger partial charge in [0, 0.05) is 9.50 Å². The van der Waals surface area contributed by atoms with Gasteiger partial charge in [0.25, 0.3) is 0 Å². The molecule has 1 N–H and O–H groups in total. The molecule has 0 radical (unpaired) electrons. The summed E-state index contributed by atoms with van der Waals surface area (Å²) in [5, 5.41) is 11.0. The van der Waals surface area contributed by atoms with Crippen LogP contribution < -0.4 is 0 Å². The highest BCUT2D eigenvalue weighted by Gasteiger charge is 2.53. The topological polar surface area (TPSA) is 20.2 Å². The van der Waals surface area contributed by atoms with E-state index < -0.39 is 5.60 Å². The van der Waals surface area contributed by atoms with Gasteiger partial charge in [-0.1, -0.05) is 40.9 Å². The average molecular weight is 276 g/mol. The van der Waals surface area contributed by atoms with Crippen LogP contribution in [0.25, 0.3) is 0 Å². The van der Waals surface area contributed by atoms with Gasteiger partial charge >= 0.3 is 0 Å². The lowest BCUT2D eigenvalue weighted by Gasteiger charge is -2.12. The molecule has 0 amide bonds. The van der Waals surface area contributed by atoms with Crippen molar-refractivity contribution in [1.29, 1.82) is 0 Å². The third-order valence-corrected chi connectivity index (χ3v) is 3.89. The van der Waals surface area contributed by atoms with Gasteiger partial charge in [-0.3, -0.25) is 0 Å². The fourth-order valence-corrected chi connectivity index (χ4v) is 2.72. The zero-order chi connectivity index (χ0) is 10.3. The van der Waals surface area contributed by atoms with Crippen LogP contribution >= 0.6 is 27.5 Å². The van der Waals surface area contributed by atoms with E-state index in [-0.39, 0.29) is 0 Å². The predicted octanol–water partition coefficient (Wildman–Crippen LogP) is 3.72. The highest BCUT2D eigenvalue weighted by atomic mass is 79.9. The van der Waals surface area contributed by atoms with Gasteiger partial charge in [-0.15, -0.1) is 0 Å². The Balaban J connectivity index is 2.38. The number of hydrogen-bond acceptors (Lipinski definition) is 1. The molecule has 2 atom stereocenters. The summed E-state index contributed by atoms with van der Waals surface area (Å²) in [6.45, 7) is 2.10. The summed E-state index contributed by atoms with van der Waals surface area (Å²) in [5.74, 6) is 0.386. The Labute approximate surface area is 97.2 Å². The molecule has 3 heteroatoms. The van der Waals surface area contributed by atoms with E-state index >= 15 is 0 Å². The monoisotopic (exact) mass is 274 g/mol. The van der Waals surface area contributed by atoms with E-state index in [9.17, 15) is 5.11 Å². The standard InChI is InChI=1S/C11H12BrClO/c1-2-7-6-11(7,14)9-5-8(13)3-4-10(9)12/h3-5,7,14H,2,6H2,1H3. The van der Waals surface area contributed by atoms with Crippen molar-refractivity contribution in [2.75, 3.05) is 0 Å². The van der Waals surface area contributed by atoms with E-state index in [1.165, 1.54) is 0 Å². The summed E-state index contributed by atoms with van der Waals surface area (Å²) in [7, 11) is 0. The number of rotatable bonds is 2. The molecular formula is C11H12BrClO. The molecule has 1 aliphatic rings. The predicted molar refractivity (Wildman–Crippen MR) is 61.4 cm³/mol. The summed E-state index contributed by atoms with van der Waals surface area (Å²) in [4.78, 5) is 0. The highest BCUT2D eigenvalue weighted by Crippen LogP contribution is 2.55. The van der Waals surface area contributed by atoms with Gasteiger partial charge in [-0.25, -0.2) is 0 Å². The van der Waals surface area contributed by atoms with Crippen LogP contribution in [0.2, 0.25) is 5.02 Å². The lowest BCUT2D eigenvalue weighted by atomic mass is 10.0. The first-order chi connectivity index (χ1) is 6.58. The minimum atomic E-state index is -0.640. The van der Waals surface area contributed by atoms with Crippen LogP contribution in [0, 0.1) is 5.92 Å². The van der Waals surface area contributed by atoms with Crippen molar-refractivity contribution < 1.29 is 5.11 Å². The van der Waals surface area contributed by atoms with Crippen molar-refractivity contribution in [3.63, 3.8) is 0 Å². The maximum atomic E-state index is 10.3. The zero-order valence-electron chi connectivity index (χ0n) is 7.93. The lowest BCUT2D eigenvalue weighted by Crippen LogP contribution is -2.09. The van der Waals surface area contributed by atoms with Crippen molar-refractivity contribution >= 4 is 27.5 Å². The minimum absolute atomic E-state index is 0.386. The Morgan fingerprint density at radius 1 is 1.64 bits per heavy atom. The Bertz CT molecular complexity index is 366. The SMILES string of the molecule is CCC1CC1(O)c1cc(Cl)ccc1Br. The molecule has 0 bridgehead atoms. The van der Waals surface area contributed by atoms with E-state index in [1.54, 1.807) is 0 Å². The molecule has 1 aromatic carbocycles. The molecule has 2 unspecified atom stereocenters. The maximum Gasteiger partial charge on any atom is 0.0940 e. The smallest absolute Gasteiger partial charge is 0.0940 e. The molecule has 76 valence electrons. The minimum Gasteiger partial charge on any atom is -0.385 e. The van der Waals surface area contributed by atoms with Crippen LogP contribution in [-0.4, -0.2) is 5.11 Å². The first kappa shape index (κ1) is 10.5. The van der Waals surface area contributed by atoms with Gasteiger partial charge in [0.2, 0.25) is 0 Å². The molecule has 0 spiro atoms. The van der Waals surface area contributed by atoms with Gasteiger partial charge in [0.05, 0.1) is 5.60 Å². The second-order valence-corrected chi connectivity index (χ2v) is 5.15. The Morgan fingerprint density at radius 3 is 2.93 bits per heavy atom. The second-order valence-electron chi connectivity index (χ2n) is 3.86. The zero-order valence-corrected chi connectivity index (χ0v) is 10.3. The Morgan fingerprint density at radius 2 is 2.36 bits per heavy atom. The molecule has 1 aliphatic carbocycles. The molecule has 2 rings (SSSR count). The second kappa shape index (κ2) is 3.51. The first-order valence-corrected chi connectivity index (χ1v) is 5.93. The van der Waals surface area contributed by atoms with Gasteiger partial charge in [-0.2, -0.15) is 0 Å². The van der Waals surface area contributed by atoms with Crippen LogP contribution in [0.1, 0.15) is 25.3 Å². The van der Waals surface area contributed by atoms with Crippen LogP contribution in [0.5, 0.6) is 0 Å². The number of hydrogen-bond donors (Lipinski definition) is 1. The molecule has 0 heterocycles. The number of benzene rings is 1. The fraction of sp³-hybridized carbons (Fsp3) is 0.455. The molecule has 0 saturated heterocycles. The molecule has 0 aromatic heterocycles. The third kappa shape index (κ3) is 1.60. The van der Waals surface area contributed by atoms with E-state index in [0.29, 0.717) is 10.9 Å². The summed E-state index contributed by atoms with van der Waals surface area (Å²) < 4.78 is 0.945. The van der Waals surface area contributed by atoms with Gasteiger partial charge in [0.15, 0.2) is 0 Å². The average Bonchev–Trinajstić information content (AvgIpc) is 2.83. The van der Waals surface area contributed by atoms with Crippen LogP contribution in [0.4, 0.5) is 0 Å². The van der Waals surface area contributed by atoms with Crippen LogP contribution in [0.15, 0.2) is 22.7 Å². The molecule has 1 saturated carbocycles. The molecular weight excluding hydrogens is 263 g/mol. The molecule has 1 fully saturated rings. The summed E-state index contributed by atoms with van der Waals surface area (Å²) in [5.41, 5.74) is 0.287. The van der Waals surface area contributed by atoms with Crippen LogP contribution in [-0.2, 0) is 5.60 Å². The van der Waals surface area contributed by atoms with E-state index in [2.05, 4.69) is 22.9 Å². The quantitative estimate of drug-likeness (QED) is 0.872. The Hall–Kier alpha value is -0.0500. The molecule has 14 heavy (non-hydrogen) atoms. The lowest BCUT2D eigenvalue weighted by molar-refractivity contribution is 0.129. The van der Waals surface area contributed by atoms with Crippen molar-refractivity contribution in [2.45, 2.75) is 25.4 Å². The highest BCUT2D eigenvalue weighted by molar-refractivity contribution is 9.10. The van der Waals surface area contributed by atoms with Crippen molar-refractivity contribution in [3.05, 3.63) is 33.3 Å². The summed E-state index contributed by atoms with van der Waals surface area (Å²) in [6.07, 6.45) is 1.86. The molecule has 1 nitrogen and oxygen atoms in total. The van der Waals surface area contributed by atoms with E-state index in [0.717, 1.165) is 22.9 Å². The van der Waals surface area contributed by atoms with E-state index in [4.69, 9.17) is 11.6 Å². The number of aliphatic hydroxyl groups is 1. The molecule has 0 aliphatic heterocycles. The maximum absolute atomic E-state index is 10.3. The van der Waals surface area contributed by atoms with Crippen LogP contribution in [0.3, 0.4) is 0 Å². The normalized spacial score (nSPS) is 30.4. The Kier molecular flexibility index (Phi) is 2.63. The van der Waals surface area contributed by atoms with Crippen molar-refractivity contribution in [1.82, 2.24) is 0 Å². The van der Waals surface area contributed by atoms with E-state index in [1.807, 2.05) is 18.2 Å². The molecule has 1 aromatic rings. The first-order valence-electron chi connectivity index (χ1n) is 4.76. The fourth-order valence-electron chi connectivity index (χ4n) is 1.96. The number of halogens is 2. The largest absolute Gasteiger partial charge is 0.385 e.